The number of benzene rings is 2. The molecule has 0 spiro atoms. The van der Waals surface area contributed by atoms with E-state index in [-0.39, 0.29) is 17.3 Å². The van der Waals surface area contributed by atoms with Crippen molar-refractivity contribution in [1.29, 1.82) is 0 Å². The number of aromatic nitrogens is 2. The number of rotatable bonds is 6. The minimum absolute atomic E-state index is 0.150. The van der Waals surface area contributed by atoms with Crippen molar-refractivity contribution in [2.75, 3.05) is 0 Å². The second kappa shape index (κ2) is 8.40. The Kier molecular flexibility index (Phi) is 5.93. The molecule has 1 aromatic heterocycles. The largest absolute Gasteiger partial charge is 0.487 e. The molecule has 0 bridgehead atoms. The number of aliphatic carboxylic acids is 1. The van der Waals surface area contributed by atoms with Crippen LogP contribution in [-0.2, 0) is 17.6 Å². The molecule has 0 aliphatic carbocycles. The molecule has 0 saturated heterocycles. The average molecular weight is 423 g/mol. The molecule has 3 aromatic rings. The fourth-order valence-electron chi connectivity index (χ4n) is 2.53. The van der Waals surface area contributed by atoms with Gasteiger partial charge in [-0.3, -0.25) is 0 Å². The van der Waals surface area contributed by atoms with Gasteiger partial charge in [-0.05, 0) is 42.0 Å². The summed E-state index contributed by atoms with van der Waals surface area (Å²) in [5.74, 6) is -0.738. The number of halogens is 4. The molecule has 0 unspecified atom stereocenters. The zero-order valence-corrected chi connectivity index (χ0v) is 15.5. The van der Waals surface area contributed by atoms with Crippen LogP contribution in [-0.4, -0.2) is 20.9 Å². The Balaban J connectivity index is 1.89. The highest BCUT2D eigenvalue weighted by Crippen LogP contribution is 2.31. The summed E-state index contributed by atoms with van der Waals surface area (Å²) in [6.07, 6.45) is -2.27. The number of nitrogens with zero attached hydrogens (tertiary/aromatic N) is 2. The fraction of sp³-hybridized carbons (Fsp3) is 0.100. The highest BCUT2D eigenvalue weighted by atomic mass is 35.5. The molecule has 5 nitrogen and oxygen atoms in total. The van der Waals surface area contributed by atoms with Crippen LogP contribution >= 0.6 is 11.6 Å². The first-order valence-corrected chi connectivity index (χ1v) is 8.67. The van der Waals surface area contributed by atoms with Crippen molar-refractivity contribution in [2.45, 2.75) is 12.8 Å². The van der Waals surface area contributed by atoms with Crippen molar-refractivity contribution in [1.82, 2.24) is 9.78 Å². The van der Waals surface area contributed by atoms with Gasteiger partial charge in [-0.1, -0.05) is 35.9 Å². The first-order valence-electron chi connectivity index (χ1n) is 8.29. The molecule has 0 saturated carbocycles. The molecule has 29 heavy (non-hydrogen) atoms. The maximum atomic E-state index is 13.2. The Hall–Kier alpha value is -3.26. The summed E-state index contributed by atoms with van der Waals surface area (Å²) < 4.78 is 46.2. The second-order valence-electron chi connectivity index (χ2n) is 5.91. The number of hydrogen-bond donors (Lipinski definition) is 1. The van der Waals surface area contributed by atoms with Crippen LogP contribution in [0.2, 0.25) is 5.02 Å². The zero-order valence-electron chi connectivity index (χ0n) is 14.7. The maximum Gasteiger partial charge on any atom is 0.435 e. The first kappa shape index (κ1) is 20.5. The van der Waals surface area contributed by atoms with Gasteiger partial charge in [0.2, 0.25) is 0 Å². The van der Waals surface area contributed by atoms with E-state index in [1.807, 2.05) is 0 Å². The smallest absolute Gasteiger partial charge is 0.435 e. The monoisotopic (exact) mass is 422 g/mol. The van der Waals surface area contributed by atoms with E-state index in [4.69, 9.17) is 21.4 Å². The van der Waals surface area contributed by atoms with Gasteiger partial charge in [0.15, 0.2) is 5.69 Å². The molecular weight excluding hydrogens is 409 g/mol. The van der Waals surface area contributed by atoms with Gasteiger partial charge in [0.1, 0.15) is 12.4 Å². The number of alkyl halides is 3. The van der Waals surface area contributed by atoms with Crippen LogP contribution in [0.5, 0.6) is 5.75 Å². The number of hydrogen-bond acceptors (Lipinski definition) is 3. The van der Waals surface area contributed by atoms with E-state index >= 15 is 0 Å². The summed E-state index contributed by atoms with van der Waals surface area (Å²) in [7, 11) is 0. The lowest BCUT2D eigenvalue weighted by molar-refractivity contribution is -0.141. The summed E-state index contributed by atoms with van der Waals surface area (Å²) in [6.45, 7) is -0.208. The van der Waals surface area contributed by atoms with Crippen LogP contribution in [0.3, 0.4) is 0 Å². The molecule has 0 amide bonds. The zero-order chi connectivity index (χ0) is 21.0. The Morgan fingerprint density at radius 2 is 1.93 bits per heavy atom. The molecule has 0 radical (unpaired) electrons. The van der Waals surface area contributed by atoms with Gasteiger partial charge in [-0.2, -0.15) is 18.3 Å². The number of ether oxygens (including phenoxy) is 1. The van der Waals surface area contributed by atoms with Gasteiger partial charge in [0, 0.05) is 6.08 Å². The Morgan fingerprint density at radius 1 is 1.17 bits per heavy atom. The number of carboxylic acid groups (broad SMARTS) is 1. The first-order chi connectivity index (χ1) is 13.7. The molecule has 0 fully saturated rings. The highest BCUT2D eigenvalue weighted by molar-refractivity contribution is 6.32. The molecule has 9 heteroatoms. The number of carbonyl (C=O) groups is 1. The van der Waals surface area contributed by atoms with E-state index in [1.165, 1.54) is 6.08 Å². The topological polar surface area (TPSA) is 64.3 Å². The summed E-state index contributed by atoms with van der Waals surface area (Å²) in [4.78, 5) is 10.6. The fourth-order valence-corrected chi connectivity index (χ4v) is 2.74. The van der Waals surface area contributed by atoms with Gasteiger partial charge < -0.3 is 9.84 Å². The molecule has 150 valence electrons. The second-order valence-corrected chi connectivity index (χ2v) is 6.32. The minimum Gasteiger partial charge on any atom is -0.487 e. The molecule has 1 heterocycles. The normalized spacial score (nSPS) is 11.7. The molecule has 3 rings (SSSR count). The van der Waals surface area contributed by atoms with Crippen LogP contribution in [0.15, 0.2) is 60.7 Å². The minimum atomic E-state index is -4.62. The summed E-state index contributed by atoms with van der Waals surface area (Å²) in [5, 5.41) is 12.6. The Labute approximate surface area is 168 Å². The van der Waals surface area contributed by atoms with Crippen molar-refractivity contribution < 1.29 is 27.8 Å². The van der Waals surface area contributed by atoms with E-state index in [1.54, 1.807) is 48.5 Å². The third-order valence-electron chi connectivity index (χ3n) is 3.82. The predicted octanol–water partition coefficient (Wildman–Crippen LogP) is 5.22. The van der Waals surface area contributed by atoms with Crippen LogP contribution in [0, 0.1) is 0 Å². The molecule has 2 aromatic carbocycles. The van der Waals surface area contributed by atoms with E-state index in [0.29, 0.717) is 17.0 Å². The van der Waals surface area contributed by atoms with Gasteiger partial charge in [0.25, 0.3) is 0 Å². The number of para-hydroxylation sites is 1. The highest BCUT2D eigenvalue weighted by Gasteiger charge is 2.35. The van der Waals surface area contributed by atoms with Crippen molar-refractivity contribution in [3.63, 3.8) is 0 Å². The number of carboxylic acids is 1. The van der Waals surface area contributed by atoms with Crippen LogP contribution in [0.25, 0.3) is 11.8 Å². The predicted molar refractivity (Wildman–Crippen MR) is 101 cm³/mol. The molecular formula is C20H14ClF3N2O3. The third-order valence-corrected chi connectivity index (χ3v) is 4.14. The van der Waals surface area contributed by atoms with Gasteiger partial charge in [0.05, 0.1) is 16.4 Å². The van der Waals surface area contributed by atoms with Crippen molar-refractivity contribution in [3.05, 3.63) is 82.6 Å². The lowest BCUT2D eigenvalue weighted by Crippen LogP contribution is -2.08. The van der Waals surface area contributed by atoms with Crippen molar-refractivity contribution in [2.24, 2.45) is 0 Å². The van der Waals surface area contributed by atoms with Crippen LogP contribution < -0.4 is 4.74 Å². The van der Waals surface area contributed by atoms with Crippen molar-refractivity contribution >= 4 is 23.6 Å². The summed E-state index contributed by atoms with van der Waals surface area (Å²) >= 11 is 6.11. The average Bonchev–Trinajstić information content (AvgIpc) is 3.10. The van der Waals surface area contributed by atoms with Gasteiger partial charge in [-0.25, -0.2) is 9.48 Å². The van der Waals surface area contributed by atoms with E-state index < -0.39 is 17.8 Å². The lowest BCUT2D eigenvalue weighted by Gasteiger charge is -2.11. The van der Waals surface area contributed by atoms with E-state index in [2.05, 4.69) is 5.10 Å². The van der Waals surface area contributed by atoms with E-state index in [9.17, 15) is 18.0 Å². The maximum absolute atomic E-state index is 13.2. The lowest BCUT2D eigenvalue weighted by atomic mass is 10.2. The third kappa shape index (κ3) is 5.17. The van der Waals surface area contributed by atoms with Crippen LogP contribution in [0.4, 0.5) is 13.2 Å². The van der Waals surface area contributed by atoms with Crippen molar-refractivity contribution in [3.8, 4) is 11.4 Å². The molecule has 0 atom stereocenters. The molecule has 1 N–H and O–H groups in total. The molecule has 0 aliphatic rings. The summed E-state index contributed by atoms with van der Waals surface area (Å²) in [5.41, 5.74) is -0.0482. The molecule has 0 aliphatic heterocycles. The quantitative estimate of drug-likeness (QED) is 0.553. The van der Waals surface area contributed by atoms with Gasteiger partial charge >= 0.3 is 12.1 Å². The Bertz CT molecular complexity index is 1060. The summed E-state index contributed by atoms with van der Waals surface area (Å²) in [6, 6.07) is 13.8. The Morgan fingerprint density at radius 3 is 2.62 bits per heavy atom. The van der Waals surface area contributed by atoms with Gasteiger partial charge in [-0.15, -0.1) is 0 Å². The van der Waals surface area contributed by atoms with E-state index in [0.717, 1.165) is 16.8 Å². The van der Waals surface area contributed by atoms with Crippen LogP contribution in [0.1, 0.15) is 17.0 Å². The standard InChI is InChI=1S/C20H14ClF3N2O3/c21-16-6-1-2-7-17(16)26-14(11-18(25-26)20(22,23)24)12-29-15-5-3-4-13(10-15)8-9-19(27)28/h1-11H,12H2,(H,27,28). The SMILES string of the molecule is O=C(O)C=Cc1cccc(OCc2cc(C(F)(F)F)nn2-c2ccccc2Cl)c1.